The number of rotatable bonds is 3. The van der Waals surface area contributed by atoms with Crippen molar-refractivity contribution in [3.05, 3.63) is 58.6 Å². The van der Waals surface area contributed by atoms with Crippen molar-refractivity contribution in [2.24, 2.45) is 0 Å². The summed E-state index contributed by atoms with van der Waals surface area (Å²) in [5, 5.41) is 10.9. The van der Waals surface area contributed by atoms with Gasteiger partial charge in [-0.15, -0.1) is 0 Å². The Balaban J connectivity index is 2.41. The zero-order valence-electron chi connectivity index (χ0n) is 9.93. The summed E-state index contributed by atoms with van der Waals surface area (Å²) in [6.07, 6.45) is -0.792. The van der Waals surface area contributed by atoms with Crippen LogP contribution in [-0.4, -0.2) is 12.2 Å². The second-order valence-corrected chi connectivity index (χ2v) is 4.39. The van der Waals surface area contributed by atoms with Crippen molar-refractivity contribution in [2.45, 2.75) is 6.10 Å². The molecule has 0 spiro atoms. The molecule has 0 saturated carbocycles. The molecule has 0 aliphatic heterocycles. The van der Waals surface area contributed by atoms with Gasteiger partial charge in [0.2, 0.25) is 0 Å². The Kier molecular flexibility index (Phi) is 3.75. The van der Waals surface area contributed by atoms with E-state index in [1.165, 1.54) is 0 Å². The summed E-state index contributed by atoms with van der Waals surface area (Å²) >= 11 is 5.94. The van der Waals surface area contributed by atoms with Crippen molar-refractivity contribution in [2.75, 3.05) is 12.8 Å². The first kappa shape index (κ1) is 12.7. The molecule has 3 nitrogen and oxygen atoms in total. The molecule has 18 heavy (non-hydrogen) atoms. The second kappa shape index (κ2) is 5.29. The number of aliphatic hydroxyl groups excluding tert-OH is 1. The first-order chi connectivity index (χ1) is 8.61. The molecule has 0 saturated heterocycles. The minimum atomic E-state index is -0.792. The minimum absolute atomic E-state index is 0.556. The van der Waals surface area contributed by atoms with Gasteiger partial charge in [0.1, 0.15) is 11.9 Å². The maximum Gasteiger partial charge on any atom is 0.125 e. The van der Waals surface area contributed by atoms with Crippen LogP contribution in [0.15, 0.2) is 42.5 Å². The lowest BCUT2D eigenvalue weighted by molar-refractivity contribution is 0.215. The van der Waals surface area contributed by atoms with Crippen molar-refractivity contribution in [3.8, 4) is 5.75 Å². The molecule has 0 fully saturated rings. The SMILES string of the molecule is COc1ccc(Cl)cc1C(O)c1ccc(N)cc1. The van der Waals surface area contributed by atoms with Gasteiger partial charge in [0.05, 0.1) is 7.11 Å². The van der Waals surface area contributed by atoms with Crippen LogP contribution in [0, 0.1) is 0 Å². The lowest BCUT2D eigenvalue weighted by atomic mass is 10.0. The summed E-state index contributed by atoms with van der Waals surface area (Å²) in [7, 11) is 1.56. The van der Waals surface area contributed by atoms with Crippen LogP contribution in [0.25, 0.3) is 0 Å². The van der Waals surface area contributed by atoms with Crippen molar-refractivity contribution >= 4 is 17.3 Å². The highest BCUT2D eigenvalue weighted by Crippen LogP contribution is 2.32. The quantitative estimate of drug-likeness (QED) is 0.837. The Bertz CT molecular complexity index is 540. The Morgan fingerprint density at radius 3 is 2.44 bits per heavy atom. The van der Waals surface area contributed by atoms with Gasteiger partial charge in [-0.05, 0) is 35.9 Å². The minimum Gasteiger partial charge on any atom is -0.496 e. The summed E-state index contributed by atoms with van der Waals surface area (Å²) in [6.45, 7) is 0. The molecular weight excluding hydrogens is 250 g/mol. The van der Waals surface area contributed by atoms with Crippen molar-refractivity contribution in [3.63, 3.8) is 0 Å². The summed E-state index contributed by atoms with van der Waals surface area (Å²) in [5.41, 5.74) is 7.65. The van der Waals surface area contributed by atoms with Crippen LogP contribution >= 0.6 is 11.6 Å². The first-order valence-electron chi connectivity index (χ1n) is 5.48. The molecule has 0 bridgehead atoms. The average molecular weight is 264 g/mol. The fourth-order valence-electron chi connectivity index (χ4n) is 1.78. The lowest BCUT2D eigenvalue weighted by Gasteiger charge is -2.15. The Labute approximate surface area is 111 Å². The molecule has 94 valence electrons. The van der Waals surface area contributed by atoms with Gasteiger partial charge in [-0.2, -0.15) is 0 Å². The van der Waals surface area contributed by atoms with E-state index in [9.17, 15) is 5.11 Å². The van der Waals surface area contributed by atoms with Crippen LogP contribution in [0.4, 0.5) is 5.69 Å². The molecule has 0 radical (unpaired) electrons. The maximum atomic E-state index is 10.3. The van der Waals surface area contributed by atoms with E-state index in [1.54, 1.807) is 49.6 Å². The number of anilines is 1. The van der Waals surface area contributed by atoms with Gasteiger partial charge in [-0.1, -0.05) is 23.7 Å². The van der Waals surface area contributed by atoms with Gasteiger partial charge in [-0.3, -0.25) is 0 Å². The fraction of sp³-hybridized carbons (Fsp3) is 0.143. The number of halogens is 1. The fourth-order valence-corrected chi connectivity index (χ4v) is 1.96. The predicted molar refractivity (Wildman–Crippen MR) is 72.9 cm³/mol. The highest BCUT2D eigenvalue weighted by Gasteiger charge is 2.15. The van der Waals surface area contributed by atoms with E-state index in [-0.39, 0.29) is 0 Å². The topological polar surface area (TPSA) is 55.5 Å². The van der Waals surface area contributed by atoms with E-state index in [2.05, 4.69) is 0 Å². The smallest absolute Gasteiger partial charge is 0.125 e. The Morgan fingerprint density at radius 1 is 1.17 bits per heavy atom. The molecule has 0 amide bonds. The molecule has 0 aliphatic rings. The molecule has 2 aromatic rings. The zero-order chi connectivity index (χ0) is 13.1. The lowest BCUT2D eigenvalue weighted by Crippen LogP contribution is -2.02. The summed E-state index contributed by atoms with van der Waals surface area (Å²) < 4.78 is 5.22. The number of ether oxygens (including phenoxy) is 1. The first-order valence-corrected chi connectivity index (χ1v) is 5.86. The standard InChI is InChI=1S/C14H14ClNO2/c1-18-13-7-4-10(15)8-12(13)14(17)9-2-5-11(16)6-3-9/h2-8,14,17H,16H2,1H3. The molecule has 0 aromatic heterocycles. The van der Waals surface area contributed by atoms with E-state index in [1.807, 2.05) is 0 Å². The van der Waals surface area contributed by atoms with Crippen LogP contribution in [0.3, 0.4) is 0 Å². The molecule has 1 atom stereocenters. The van der Waals surface area contributed by atoms with Crippen molar-refractivity contribution < 1.29 is 9.84 Å². The van der Waals surface area contributed by atoms with Gasteiger partial charge < -0.3 is 15.6 Å². The van der Waals surface area contributed by atoms with Crippen molar-refractivity contribution in [1.29, 1.82) is 0 Å². The van der Waals surface area contributed by atoms with Gasteiger partial charge >= 0.3 is 0 Å². The predicted octanol–water partition coefficient (Wildman–Crippen LogP) is 3.01. The largest absolute Gasteiger partial charge is 0.496 e. The van der Waals surface area contributed by atoms with Gasteiger partial charge in [0.25, 0.3) is 0 Å². The normalized spacial score (nSPS) is 12.2. The molecule has 2 rings (SSSR count). The highest BCUT2D eigenvalue weighted by molar-refractivity contribution is 6.30. The van der Waals surface area contributed by atoms with Gasteiger partial charge in [0, 0.05) is 16.3 Å². The molecule has 4 heteroatoms. The third-order valence-electron chi connectivity index (χ3n) is 2.74. The van der Waals surface area contributed by atoms with Crippen LogP contribution in [-0.2, 0) is 0 Å². The molecule has 1 unspecified atom stereocenters. The van der Waals surface area contributed by atoms with E-state index in [0.717, 1.165) is 5.56 Å². The van der Waals surface area contributed by atoms with Gasteiger partial charge in [-0.25, -0.2) is 0 Å². The number of nitrogens with two attached hydrogens (primary N) is 1. The number of methoxy groups -OCH3 is 1. The van der Waals surface area contributed by atoms with Crippen LogP contribution in [0.5, 0.6) is 5.75 Å². The molecular formula is C14H14ClNO2. The second-order valence-electron chi connectivity index (χ2n) is 3.96. The molecule has 3 N–H and O–H groups in total. The maximum absolute atomic E-state index is 10.3. The highest BCUT2D eigenvalue weighted by atomic mass is 35.5. The Hall–Kier alpha value is -1.71. The number of hydrogen-bond acceptors (Lipinski definition) is 3. The molecule has 2 aromatic carbocycles. The Morgan fingerprint density at radius 2 is 1.83 bits per heavy atom. The van der Waals surface area contributed by atoms with Crippen LogP contribution in [0.2, 0.25) is 5.02 Å². The number of hydrogen-bond donors (Lipinski definition) is 2. The average Bonchev–Trinajstić information content (AvgIpc) is 2.39. The van der Waals surface area contributed by atoms with Crippen LogP contribution in [0.1, 0.15) is 17.2 Å². The summed E-state index contributed by atoms with van der Waals surface area (Å²) in [6, 6.07) is 12.2. The zero-order valence-corrected chi connectivity index (χ0v) is 10.7. The van der Waals surface area contributed by atoms with E-state index in [4.69, 9.17) is 22.1 Å². The number of aliphatic hydroxyl groups is 1. The molecule has 0 aliphatic carbocycles. The number of nitrogen functional groups attached to an aromatic ring is 1. The van der Waals surface area contributed by atoms with Crippen molar-refractivity contribution in [1.82, 2.24) is 0 Å². The van der Waals surface area contributed by atoms with Gasteiger partial charge in [0.15, 0.2) is 0 Å². The molecule has 0 heterocycles. The van der Waals surface area contributed by atoms with E-state index < -0.39 is 6.10 Å². The third-order valence-corrected chi connectivity index (χ3v) is 2.97. The monoisotopic (exact) mass is 263 g/mol. The van der Waals surface area contributed by atoms with Crippen LogP contribution < -0.4 is 10.5 Å². The third kappa shape index (κ3) is 2.58. The summed E-state index contributed by atoms with van der Waals surface area (Å²) in [5.74, 6) is 0.601. The number of benzene rings is 2. The van der Waals surface area contributed by atoms with E-state index >= 15 is 0 Å². The summed E-state index contributed by atoms with van der Waals surface area (Å²) in [4.78, 5) is 0. The van der Waals surface area contributed by atoms with E-state index in [0.29, 0.717) is 22.0 Å².